The Morgan fingerprint density at radius 1 is 1.04 bits per heavy atom. The molecule has 1 aliphatic rings. The maximum Gasteiger partial charge on any atom is 0.0629 e. The molecule has 2 heteroatoms. The van der Waals surface area contributed by atoms with Crippen LogP contribution in [0.4, 0.5) is 5.69 Å². The number of aryl methyl sites for hydroxylation is 1. The quantitative estimate of drug-likeness (QED) is 0.584. The number of benzene rings is 2. The lowest BCUT2D eigenvalue weighted by Gasteiger charge is -2.39. The van der Waals surface area contributed by atoms with Crippen LogP contribution in [0.3, 0.4) is 0 Å². The highest BCUT2D eigenvalue weighted by atomic mass is 16.5. The average molecular weight is 382 g/mol. The fraction of sp³-hybridized carbons (Fsp3) is 0.538. The monoisotopic (exact) mass is 381 g/mol. The highest BCUT2D eigenvalue weighted by Crippen LogP contribution is 2.36. The van der Waals surface area contributed by atoms with Gasteiger partial charge in [-0.1, -0.05) is 61.4 Å². The molecule has 1 saturated heterocycles. The summed E-state index contributed by atoms with van der Waals surface area (Å²) in [5.74, 6) is 1.62. The minimum atomic E-state index is 0.0764. The van der Waals surface area contributed by atoms with Crippen LogP contribution in [0.5, 0.6) is 0 Å². The molecule has 2 atom stereocenters. The number of rotatable bonds is 5. The number of ether oxygens (including phenoxy) is 1. The van der Waals surface area contributed by atoms with Gasteiger partial charge in [0.25, 0.3) is 0 Å². The van der Waals surface area contributed by atoms with E-state index in [0.29, 0.717) is 0 Å². The third kappa shape index (κ3) is 7.31. The van der Waals surface area contributed by atoms with E-state index in [9.17, 15) is 0 Å². The Kier molecular flexibility index (Phi) is 8.57. The van der Waals surface area contributed by atoms with Crippen molar-refractivity contribution in [3.63, 3.8) is 0 Å². The molecule has 0 radical (unpaired) electrons. The van der Waals surface area contributed by atoms with Gasteiger partial charge in [0.15, 0.2) is 0 Å². The van der Waals surface area contributed by atoms with E-state index in [-0.39, 0.29) is 5.60 Å². The average Bonchev–Trinajstić information content (AvgIpc) is 2.67. The topological polar surface area (TPSA) is 12.5 Å². The highest BCUT2D eigenvalue weighted by molar-refractivity contribution is 5.45. The lowest BCUT2D eigenvalue weighted by molar-refractivity contribution is -0.0827. The van der Waals surface area contributed by atoms with Gasteiger partial charge in [-0.25, -0.2) is 0 Å². The molecule has 0 saturated carbocycles. The van der Waals surface area contributed by atoms with Gasteiger partial charge in [0.05, 0.1) is 5.60 Å². The zero-order chi connectivity index (χ0) is 20.6. The maximum absolute atomic E-state index is 5.84. The molecular formula is C26H39NO. The van der Waals surface area contributed by atoms with Gasteiger partial charge in [-0.15, -0.1) is 0 Å². The molecule has 0 aliphatic carbocycles. The number of hydrogen-bond acceptors (Lipinski definition) is 2. The molecule has 0 spiro atoms. The Morgan fingerprint density at radius 3 is 2.21 bits per heavy atom. The summed E-state index contributed by atoms with van der Waals surface area (Å²) in [6, 6.07) is 19.4. The van der Waals surface area contributed by atoms with Crippen molar-refractivity contribution in [2.75, 3.05) is 25.6 Å². The Morgan fingerprint density at radius 2 is 1.68 bits per heavy atom. The number of anilines is 1. The van der Waals surface area contributed by atoms with Crippen LogP contribution in [0.1, 0.15) is 51.2 Å². The van der Waals surface area contributed by atoms with Crippen molar-refractivity contribution in [3.8, 4) is 0 Å². The summed E-state index contributed by atoms with van der Waals surface area (Å²) in [7, 11) is 4.09. The van der Waals surface area contributed by atoms with E-state index in [1.54, 1.807) is 0 Å². The lowest BCUT2D eigenvalue weighted by atomic mass is 9.76. The minimum Gasteiger partial charge on any atom is -0.378 e. The van der Waals surface area contributed by atoms with Crippen LogP contribution in [0, 0.1) is 18.8 Å². The molecule has 28 heavy (non-hydrogen) atoms. The van der Waals surface area contributed by atoms with Gasteiger partial charge in [-0.3, -0.25) is 0 Å². The zero-order valence-corrected chi connectivity index (χ0v) is 18.7. The third-order valence-corrected chi connectivity index (χ3v) is 5.82. The molecule has 0 amide bonds. The van der Waals surface area contributed by atoms with E-state index < -0.39 is 0 Å². The van der Waals surface area contributed by atoms with Crippen molar-refractivity contribution in [2.24, 2.45) is 11.8 Å². The van der Waals surface area contributed by atoms with Gasteiger partial charge >= 0.3 is 0 Å². The molecule has 0 N–H and O–H groups in total. The minimum absolute atomic E-state index is 0.0764. The van der Waals surface area contributed by atoms with E-state index in [0.717, 1.165) is 18.4 Å². The number of hydrogen-bond donors (Lipinski definition) is 0. The van der Waals surface area contributed by atoms with Crippen LogP contribution in [0.25, 0.3) is 0 Å². The van der Waals surface area contributed by atoms with Crippen LogP contribution in [-0.4, -0.2) is 26.3 Å². The summed E-state index contributed by atoms with van der Waals surface area (Å²) in [4.78, 5) is 2.10. The van der Waals surface area contributed by atoms with E-state index >= 15 is 0 Å². The van der Waals surface area contributed by atoms with Gasteiger partial charge in [-0.05, 0) is 69.6 Å². The van der Waals surface area contributed by atoms with E-state index in [1.165, 1.54) is 42.5 Å². The predicted octanol–water partition coefficient (Wildman–Crippen LogP) is 6.52. The largest absolute Gasteiger partial charge is 0.378 e. The molecule has 2 aromatic carbocycles. The summed E-state index contributed by atoms with van der Waals surface area (Å²) >= 11 is 0. The first kappa shape index (κ1) is 22.5. The second kappa shape index (κ2) is 10.7. The zero-order valence-electron chi connectivity index (χ0n) is 18.7. The van der Waals surface area contributed by atoms with Gasteiger partial charge in [0.2, 0.25) is 0 Å². The first-order valence-electron chi connectivity index (χ1n) is 10.7. The molecule has 2 aromatic rings. The molecule has 2 unspecified atom stereocenters. The van der Waals surface area contributed by atoms with Gasteiger partial charge in [0, 0.05) is 26.4 Å². The summed E-state index contributed by atoms with van der Waals surface area (Å²) in [6.45, 7) is 9.82. The van der Waals surface area contributed by atoms with E-state index in [2.05, 4.69) is 87.2 Å². The Labute approximate surface area is 172 Å². The van der Waals surface area contributed by atoms with Crippen LogP contribution in [0.2, 0.25) is 0 Å². The second-order valence-corrected chi connectivity index (χ2v) is 8.95. The van der Waals surface area contributed by atoms with Crippen molar-refractivity contribution in [1.82, 2.24) is 0 Å². The SMILES string of the molecule is CCC(Cc1ccccc1)C1CCOC(C)(C)C1.Cc1ccc(N(C)C)cc1. The Bertz CT molecular complexity index is 675. The molecule has 3 rings (SSSR count). The van der Waals surface area contributed by atoms with Crippen LogP contribution < -0.4 is 4.90 Å². The maximum atomic E-state index is 5.84. The number of nitrogens with zero attached hydrogens (tertiary/aromatic N) is 1. The van der Waals surface area contributed by atoms with E-state index in [4.69, 9.17) is 4.74 Å². The molecule has 1 fully saturated rings. The van der Waals surface area contributed by atoms with Crippen molar-refractivity contribution >= 4 is 5.69 Å². The second-order valence-electron chi connectivity index (χ2n) is 8.95. The molecule has 1 heterocycles. The standard InChI is InChI=1S/C17H26O.C9H13N/c1-4-15(12-14-8-6-5-7-9-14)16-10-11-18-17(2,3)13-16;1-8-4-6-9(7-5-8)10(2)3/h5-9,15-16H,4,10-13H2,1-3H3;4-7H,1-3H3. The van der Waals surface area contributed by atoms with Crippen molar-refractivity contribution < 1.29 is 4.74 Å². The first-order valence-corrected chi connectivity index (χ1v) is 10.7. The first-order chi connectivity index (χ1) is 13.3. The fourth-order valence-corrected chi connectivity index (χ4v) is 4.09. The Hall–Kier alpha value is -1.80. The van der Waals surface area contributed by atoms with Crippen molar-refractivity contribution in [2.45, 2.75) is 59.0 Å². The molecule has 154 valence electrons. The summed E-state index contributed by atoms with van der Waals surface area (Å²) in [5, 5.41) is 0. The van der Waals surface area contributed by atoms with Gasteiger partial charge < -0.3 is 9.64 Å². The van der Waals surface area contributed by atoms with Crippen LogP contribution in [-0.2, 0) is 11.2 Å². The molecule has 0 aromatic heterocycles. The fourth-order valence-electron chi connectivity index (χ4n) is 4.09. The summed E-state index contributed by atoms with van der Waals surface area (Å²) < 4.78 is 5.84. The molecule has 1 aliphatic heterocycles. The van der Waals surface area contributed by atoms with Gasteiger partial charge in [-0.2, -0.15) is 0 Å². The van der Waals surface area contributed by atoms with Crippen LogP contribution >= 0.6 is 0 Å². The van der Waals surface area contributed by atoms with E-state index in [1.807, 2.05) is 14.1 Å². The van der Waals surface area contributed by atoms with Gasteiger partial charge in [0.1, 0.15) is 0 Å². The summed E-state index contributed by atoms with van der Waals surface area (Å²) in [5.41, 5.74) is 4.12. The third-order valence-electron chi connectivity index (χ3n) is 5.82. The summed E-state index contributed by atoms with van der Waals surface area (Å²) in [6.07, 6.45) is 4.93. The Balaban J connectivity index is 0.000000237. The lowest BCUT2D eigenvalue weighted by Crippen LogP contribution is -2.37. The van der Waals surface area contributed by atoms with Crippen molar-refractivity contribution in [1.29, 1.82) is 0 Å². The molecule has 0 bridgehead atoms. The van der Waals surface area contributed by atoms with Crippen LogP contribution in [0.15, 0.2) is 54.6 Å². The normalized spacial score (nSPS) is 19.3. The van der Waals surface area contributed by atoms with Crippen molar-refractivity contribution in [3.05, 3.63) is 65.7 Å². The molecular weight excluding hydrogens is 342 g/mol. The highest BCUT2D eigenvalue weighted by Gasteiger charge is 2.32. The smallest absolute Gasteiger partial charge is 0.0629 e. The predicted molar refractivity (Wildman–Crippen MR) is 122 cm³/mol. The molecule has 2 nitrogen and oxygen atoms in total.